The summed E-state index contributed by atoms with van der Waals surface area (Å²) in [6, 6.07) is 5.21. The van der Waals surface area contributed by atoms with Crippen LogP contribution in [-0.2, 0) is 19.1 Å². The predicted molar refractivity (Wildman–Crippen MR) is 87.9 cm³/mol. The van der Waals surface area contributed by atoms with Crippen LogP contribution in [0.15, 0.2) is 46.1 Å². The van der Waals surface area contributed by atoms with Crippen molar-refractivity contribution < 1.29 is 27.4 Å². The van der Waals surface area contributed by atoms with Crippen LogP contribution in [0.25, 0.3) is 0 Å². The van der Waals surface area contributed by atoms with Crippen molar-refractivity contribution >= 4 is 21.8 Å². The number of nitrogens with one attached hydrogen (secondary N) is 1. The molecule has 1 aromatic rings. The third-order valence-electron chi connectivity index (χ3n) is 3.83. The highest BCUT2D eigenvalue weighted by molar-refractivity contribution is 7.90. The highest BCUT2D eigenvalue weighted by Crippen LogP contribution is 2.41. The van der Waals surface area contributed by atoms with E-state index in [1.165, 1.54) is 32.0 Å². The molecule has 134 valence electrons. The molecule has 0 amide bonds. The molecule has 0 radical (unpaired) electrons. The molecule has 1 aliphatic rings. The van der Waals surface area contributed by atoms with Crippen molar-refractivity contribution in [3.05, 3.63) is 61.8 Å². The molecule has 25 heavy (non-hydrogen) atoms. The van der Waals surface area contributed by atoms with Crippen LogP contribution < -0.4 is 5.32 Å². The van der Waals surface area contributed by atoms with Crippen LogP contribution in [0.4, 0.5) is 5.69 Å². The van der Waals surface area contributed by atoms with Gasteiger partial charge in [0.1, 0.15) is 4.91 Å². The Morgan fingerprint density at radius 1 is 1.32 bits per heavy atom. The molecule has 1 unspecified atom stereocenters. The van der Waals surface area contributed by atoms with Crippen molar-refractivity contribution in [1.29, 1.82) is 0 Å². The van der Waals surface area contributed by atoms with E-state index in [1.807, 2.05) is 0 Å². The SMILES string of the molecule is COS(=O)(=O)C1=C(C)NC(C)=C(C(=O)O)C1c1cccc([N+](=O)[O-])c1. The van der Waals surface area contributed by atoms with Crippen LogP contribution in [0, 0.1) is 10.1 Å². The molecule has 2 N–H and O–H groups in total. The molecular weight excluding hydrogens is 352 g/mol. The summed E-state index contributed by atoms with van der Waals surface area (Å²) in [5.41, 5.74) is 0.117. The van der Waals surface area contributed by atoms with Gasteiger partial charge >= 0.3 is 5.97 Å². The molecule has 0 saturated heterocycles. The van der Waals surface area contributed by atoms with Crippen LogP contribution in [0.1, 0.15) is 25.3 Å². The van der Waals surface area contributed by atoms with Crippen LogP contribution >= 0.6 is 0 Å². The molecule has 1 heterocycles. The molecule has 0 aliphatic carbocycles. The van der Waals surface area contributed by atoms with Gasteiger partial charge in [-0.05, 0) is 19.4 Å². The van der Waals surface area contributed by atoms with Gasteiger partial charge in [-0.25, -0.2) is 4.79 Å². The number of nitrogens with zero attached hydrogens (tertiary/aromatic N) is 1. The van der Waals surface area contributed by atoms with Gasteiger partial charge in [-0.15, -0.1) is 0 Å². The predicted octanol–water partition coefficient (Wildman–Crippen LogP) is 1.85. The monoisotopic (exact) mass is 368 g/mol. The Hall–Kier alpha value is -2.72. The maximum atomic E-state index is 12.4. The quantitative estimate of drug-likeness (QED) is 0.456. The number of nitro benzene ring substituents is 1. The number of rotatable bonds is 5. The first kappa shape index (κ1) is 18.6. The minimum atomic E-state index is -4.24. The fourth-order valence-corrected chi connectivity index (χ4v) is 3.96. The third-order valence-corrected chi connectivity index (χ3v) is 5.35. The molecule has 0 bridgehead atoms. The van der Waals surface area contributed by atoms with Gasteiger partial charge in [0.15, 0.2) is 0 Å². The first-order valence-corrected chi connectivity index (χ1v) is 8.47. The van der Waals surface area contributed by atoms with Gasteiger partial charge in [0.2, 0.25) is 0 Å². The van der Waals surface area contributed by atoms with Gasteiger partial charge in [0, 0.05) is 23.5 Å². The van der Waals surface area contributed by atoms with E-state index in [9.17, 15) is 28.4 Å². The zero-order chi connectivity index (χ0) is 18.9. The highest BCUT2D eigenvalue weighted by Gasteiger charge is 2.40. The number of dihydropyridines is 1. The Labute approximate surface area is 143 Å². The van der Waals surface area contributed by atoms with Crippen molar-refractivity contribution in [2.45, 2.75) is 19.8 Å². The maximum Gasteiger partial charge on any atom is 0.334 e. The second-order valence-corrected chi connectivity index (χ2v) is 7.05. The van der Waals surface area contributed by atoms with E-state index in [4.69, 9.17) is 0 Å². The van der Waals surface area contributed by atoms with Crippen LogP contribution in [0.3, 0.4) is 0 Å². The van der Waals surface area contributed by atoms with E-state index in [0.717, 1.165) is 13.2 Å². The molecule has 1 atom stereocenters. The summed E-state index contributed by atoms with van der Waals surface area (Å²) in [4.78, 5) is 21.8. The molecule has 0 spiro atoms. The molecule has 0 saturated carbocycles. The number of benzene rings is 1. The summed E-state index contributed by atoms with van der Waals surface area (Å²) >= 11 is 0. The molecular formula is C15H16N2O7S. The molecule has 1 aliphatic heterocycles. The lowest BCUT2D eigenvalue weighted by atomic mass is 9.86. The van der Waals surface area contributed by atoms with Crippen molar-refractivity contribution in [3.63, 3.8) is 0 Å². The van der Waals surface area contributed by atoms with Gasteiger partial charge in [-0.1, -0.05) is 12.1 Å². The molecule has 0 fully saturated rings. The average molecular weight is 368 g/mol. The standard InChI is InChI=1S/C15H16N2O7S/c1-8-12(15(18)19)13(10-5-4-6-11(7-10)17(20)21)14(9(2)16-8)25(22,23)24-3/h4-7,13,16H,1-3H3,(H,18,19). The molecule has 1 aromatic carbocycles. The molecule has 2 rings (SSSR count). The lowest BCUT2D eigenvalue weighted by Crippen LogP contribution is -2.31. The minimum absolute atomic E-state index is 0.169. The Kier molecular flexibility index (Phi) is 4.95. The lowest BCUT2D eigenvalue weighted by Gasteiger charge is -2.29. The fourth-order valence-electron chi connectivity index (χ4n) is 2.82. The van der Waals surface area contributed by atoms with E-state index in [0.29, 0.717) is 0 Å². The summed E-state index contributed by atoms with van der Waals surface area (Å²) in [5, 5.41) is 23.3. The number of aliphatic carboxylic acids is 1. The van der Waals surface area contributed by atoms with Gasteiger partial charge in [0.05, 0.1) is 23.5 Å². The van der Waals surface area contributed by atoms with Crippen LogP contribution in [0.5, 0.6) is 0 Å². The van der Waals surface area contributed by atoms with Gasteiger partial charge < -0.3 is 10.4 Å². The molecule has 0 aromatic heterocycles. The van der Waals surface area contributed by atoms with Gasteiger partial charge in [-0.2, -0.15) is 8.42 Å². The summed E-state index contributed by atoms with van der Waals surface area (Å²) in [6.45, 7) is 2.96. The minimum Gasteiger partial charge on any atom is -0.478 e. The number of allylic oxidation sites excluding steroid dienone is 3. The Morgan fingerprint density at radius 3 is 2.48 bits per heavy atom. The highest BCUT2D eigenvalue weighted by atomic mass is 32.2. The number of hydrogen-bond donors (Lipinski definition) is 2. The molecule has 9 nitrogen and oxygen atoms in total. The first-order valence-electron chi connectivity index (χ1n) is 7.07. The van der Waals surface area contributed by atoms with E-state index in [-0.39, 0.29) is 33.1 Å². The lowest BCUT2D eigenvalue weighted by molar-refractivity contribution is -0.384. The van der Waals surface area contributed by atoms with E-state index >= 15 is 0 Å². The second kappa shape index (κ2) is 6.65. The number of hydrogen-bond acceptors (Lipinski definition) is 7. The smallest absolute Gasteiger partial charge is 0.334 e. The summed E-state index contributed by atoms with van der Waals surface area (Å²) in [5.74, 6) is -2.57. The normalized spacial score (nSPS) is 18.1. The Morgan fingerprint density at radius 2 is 1.96 bits per heavy atom. The topological polar surface area (TPSA) is 136 Å². The number of nitro groups is 1. The maximum absolute atomic E-state index is 12.4. The number of non-ortho nitro benzene ring substituents is 1. The van der Waals surface area contributed by atoms with Crippen LogP contribution in [0.2, 0.25) is 0 Å². The van der Waals surface area contributed by atoms with E-state index in [2.05, 4.69) is 9.50 Å². The second-order valence-electron chi connectivity index (χ2n) is 5.36. The summed E-state index contributed by atoms with van der Waals surface area (Å²) in [6.07, 6.45) is 0. The Balaban J connectivity index is 2.81. The van der Waals surface area contributed by atoms with Crippen molar-refractivity contribution in [2.75, 3.05) is 7.11 Å². The number of carbonyl (C=O) groups is 1. The summed E-state index contributed by atoms with van der Waals surface area (Å²) < 4.78 is 29.3. The number of carboxylic acid groups (broad SMARTS) is 1. The Bertz CT molecular complexity index is 916. The zero-order valence-corrected chi connectivity index (χ0v) is 14.5. The average Bonchev–Trinajstić information content (AvgIpc) is 2.53. The van der Waals surface area contributed by atoms with Crippen LogP contribution in [-0.4, -0.2) is 31.5 Å². The fraction of sp³-hybridized carbons (Fsp3) is 0.267. The largest absolute Gasteiger partial charge is 0.478 e. The van der Waals surface area contributed by atoms with Crippen molar-refractivity contribution in [3.8, 4) is 0 Å². The van der Waals surface area contributed by atoms with E-state index < -0.39 is 26.9 Å². The van der Waals surface area contributed by atoms with Crippen molar-refractivity contribution in [1.82, 2.24) is 5.32 Å². The van der Waals surface area contributed by atoms with Gasteiger partial charge in [0.25, 0.3) is 15.8 Å². The van der Waals surface area contributed by atoms with Crippen molar-refractivity contribution in [2.24, 2.45) is 0 Å². The summed E-state index contributed by atoms with van der Waals surface area (Å²) in [7, 11) is -3.28. The van der Waals surface area contributed by atoms with E-state index in [1.54, 1.807) is 0 Å². The number of carboxylic acids is 1. The third kappa shape index (κ3) is 3.39. The first-order chi connectivity index (χ1) is 11.6. The zero-order valence-electron chi connectivity index (χ0n) is 13.6. The molecule has 10 heteroatoms. The van der Waals surface area contributed by atoms with Gasteiger partial charge in [-0.3, -0.25) is 14.3 Å².